The molecule has 0 spiro atoms. The van der Waals surface area contributed by atoms with Crippen LogP contribution in [0.5, 0.6) is 0 Å². The Morgan fingerprint density at radius 1 is 1.08 bits per heavy atom. The number of nitrogens with one attached hydrogen (secondary N) is 1. The number of hydrogen-bond donors (Lipinski definition) is 1. The zero-order valence-corrected chi connectivity index (χ0v) is 14.1. The van der Waals surface area contributed by atoms with E-state index in [9.17, 15) is 4.79 Å². The van der Waals surface area contributed by atoms with Crippen molar-refractivity contribution in [3.63, 3.8) is 0 Å². The largest absolute Gasteiger partial charge is 0.345 e. The van der Waals surface area contributed by atoms with Crippen LogP contribution in [0, 0.1) is 20.8 Å². The zero-order valence-electron chi connectivity index (χ0n) is 14.1. The lowest BCUT2D eigenvalue weighted by molar-refractivity contribution is -0.121. The summed E-state index contributed by atoms with van der Waals surface area (Å²) in [6.45, 7) is 6.10. The van der Waals surface area contributed by atoms with Gasteiger partial charge in [0.2, 0.25) is 5.91 Å². The number of aromatic nitrogens is 2. The number of pyridine rings is 2. The minimum atomic E-state index is -0.156. The monoisotopic (exact) mass is 317 g/mol. The van der Waals surface area contributed by atoms with E-state index in [0.717, 1.165) is 39.0 Å². The molecule has 3 heterocycles. The molecule has 3 aromatic rings. The molecule has 1 amide bonds. The molecule has 4 rings (SSSR count). The van der Waals surface area contributed by atoms with Gasteiger partial charge in [-0.25, -0.2) is 9.97 Å². The van der Waals surface area contributed by atoms with E-state index in [1.165, 1.54) is 5.56 Å². The topological polar surface area (TPSA) is 54.9 Å². The predicted octanol–water partition coefficient (Wildman–Crippen LogP) is 3.32. The third-order valence-corrected chi connectivity index (χ3v) is 4.78. The first-order valence-electron chi connectivity index (χ1n) is 8.14. The van der Waals surface area contributed by atoms with Crippen LogP contribution in [0.25, 0.3) is 11.0 Å². The van der Waals surface area contributed by atoms with E-state index >= 15 is 0 Å². The Labute approximate surface area is 141 Å². The van der Waals surface area contributed by atoms with Gasteiger partial charge in [-0.2, -0.15) is 0 Å². The first kappa shape index (κ1) is 14.8. The second-order valence-corrected chi connectivity index (χ2v) is 6.54. The number of fused-ring (bicyclic) bond motifs is 2. The lowest BCUT2D eigenvalue weighted by Gasteiger charge is -2.28. The average molecular weight is 317 g/mol. The highest BCUT2D eigenvalue weighted by Crippen LogP contribution is 2.33. The summed E-state index contributed by atoms with van der Waals surface area (Å²) in [5.74, 6) is 0.0554. The number of aryl methyl sites for hydroxylation is 3. The molecule has 0 aliphatic carbocycles. The van der Waals surface area contributed by atoms with Gasteiger partial charge in [0, 0.05) is 17.3 Å². The van der Waals surface area contributed by atoms with E-state index in [1.807, 2.05) is 13.0 Å². The second-order valence-electron chi connectivity index (χ2n) is 6.54. The molecule has 1 N–H and O–H groups in total. The Morgan fingerprint density at radius 2 is 1.92 bits per heavy atom. The van der Waals surface area contributed by atoms with E-state index in [0.29, 0.717) is 6.42 Å². The Balaban J connectivity index is 1.95. The molecule has 4 nitrogen and oxygen atoms in total. The normalized spacial score (nSPS) is 16.8. The van der Waals surface area contributed by atoms with Crippen molar-refractivity contribution in [1.29, 1.82) is 0 Å². The summed E-state index contributed by atoms with van der Waals surface area (Å²) in [5, 5.41) is 4.14. The summed E-state index contributed by atoms with van der Waals surface area (Å²) < 4.78 is 0. The third-order valence-electron chi connectivity index (χ3n) is 4.78. The molecule has 0 bridgehead atoms. The molecule has 0 saturated heterocycles. The van der Waals surface area contributed by atoms with Crippen LogP contribution in [0.2, 0.25) is 0 Å². The number of hydrogen-bond acceptors (Lipinski definition) is 3. The van der Waals surface area contributed by atoms with Gasteiger partial charge in [-0.05, 0) is 55.2 Å². The quantitative estimate of drug-likeness (QED) is 0.749. The molecule has 1 atom stereocenters. The van der Waals surface area contributed by atoms with Crippen LogP contribution in [0.4, 0.5) is 0 Å². The number of amides is 1. The molecular weight excluding hydrogens is 298 g/mol. The fourth-order valence-electron chi connectivity index (χ4n) is 3.41. The molecule has 0 fully saturated rings. The minimum absolute atomic E-state index is 0.0554. The van der Waals surface area contributed by atoms with Crippen molar-refractivity contribution in [2.75, 3.05) is 0 Å². The molecule has 1 unspecified atom stereocenters. The van der Waals surface area contributed by atoms with Crippen molar-refractivity contribution in [2.24, 2.45) is 0 Å². The van der Waals surface area contributed by atoms with Crippen LogP contribution in [0.15, 0.2) is 36.5 Å². The van der Waals surface area contributed by atoms with Gasteiger partial charge in [0.1, 0.15) is 0 Å². The minimum Gasteiger partial charge on any atom is -0.345 e. The molecule has 0 radical (unpaired) electrons. The zero-order chi connectivity index (χ0) is 16.8. The Morgan fingerprint density at radius 3 is 2.75 bits per heavy atom. The van der Waals surface area contributed by atoms with Gasteiger partial charge in [0.15, 0.2) is 5.65 Å². The van der Waals surface area contributed by atoms with E-state index in [1.54, 1.807) is 6.20 Å². The van der Waals surface area contributed by atoms with Crippen LogP contribution in [-0.2, 0) is 11.2 Å². The summed E-state index contributed by atoms with van der Waals surface area (Å²) in [4.78, 5) is 21.2. The molecule has 2 aromatic heterocycles. The lowest BCUT2D eigenvalue weighted by atomic mass is 9.87. The second kappa shape index (κ2) is 5.41. The number of nitrogens with zero attached hydrogens (tertiary/aromatic N) is 2. The standard InChI is InChI=1S/C20H19N3O/c1-11-4-5-15-14(8-11)10-18(24)23-19(15)16-6-7-21-20-17(16)9-12(2)13(3)22-20/h4-9,19H,10H2,1-3H3,(H,23,24). The van der Waals surface area contributed by atoms with Gasteiger partial charge in [-0.1, -0.05) is 23.8 Å². The maximum Gasteiger partial charge on any atom is 0.225 e. The molecule has 1 aliphatic heterocycles. The van der Waals surface area contributed by atoms with E-state index < -0.39 is 0 Å². The number of carbonyl (C=O) groups is 1. The van der Waals surface area contributed by atoms with E-state index in [-0.39, 0.29) is 11.9 Å². The van der Waals surface area contributed by atoms with Crippen LogP contribution < -0.4 is 5.32 Å². The number of benzene rings is 1. The van der Waals surface area contributed by atoms with Crippen molar-refractivity contribution in [1.82, 2.24) is 15.3 Å². The average Bonchev–Trinajstić information content (AvgIpc) is 2.54. The Kier molecular flexibility index (Phi) is 3.34. The van der Waals surface area contributed by atoms with Crippen LogP contribution >= 0.6 is 0 Å². The van der Waals surface area contributed by atoms with Gasteiger partial charge >= 0.3 is 0 Å². The maximum atomic E-state index is 12.2. The van der Waals surface area contributed by atoms with Gasteiger partial charge in [0.05, 0.1) is 12.5 Å². The third kappa shape index (κ3) is 2.35. The molecule has 1 aromatic carbocycles. The first-order chi connectivity index (χ1) is 11.5. The van der Waals surface area contributed by atoms with E-state index in [4.69, 9.17) is 0 Å². The van der Waals surface area contributed by atoms with Crippen molar-refractivity contribution in [3.8, 4) is 0 Å². The van der Waals surface area contributed by atoms with Gasteiger partial charge in [-0.15, -0.1) is 0 Å². The van der Waals surface area contributed by atoms with E-state index in [2.05, 4.69) is 53.4 Å². The molecular formula is C20H19N3O. The highest BCUT2D eigenvalue weighted by Gasteiger charge is 2.27. The van der Waals surface area contributed by atoms with Gasteiger partial charge in [0.25, 0.3) is 0 Å². The highest BCUT2D eigenvalue weighted by molar-refractivity contribution is 5.86. The summed E-state index contributed by atoms with van der Waals surface area (Å²) in [7, 11) is 0. The Bertz CT molecular complexity index is 978. The highest BCUT2D eigenvalue weighted by atomic mass is 16.1. The molecule has 120 valence electrons. The summed E-state index contributed by atoms with van der Waals surface area (Å²) in [5.41, 5.74) is 7.32. The lowest BCUT2D eigenvalue weighted by Crippen LogP contribution is -2.36. The first-order valence-corrected chi connectivity index (χ1v) is 8.14. The fourth-order valence-corrected chi connectivity index (χ4v) is 3.41. The fraction of sp³-hybridized carbons (Fsp3) is 0.250. The van der Waals surface area contributed by atoms with Crippen LogP contribution in [-0.4, -0.2) is 15.9 Å². The van der Waals surface area contributed by atoms with Crippen molar-refractivity contribution in [3.05, 3.63) is 70.0 Å². The SMILES string of the molecule is Cc1ccc2c(c1)CC(=O)NC2c1ccnc2nc(C)c(C)cc12. The summed E-state index contributed by atoms with van der Waals surface area (Å²) in [6.07, 6.45) is 2.21. The summed E-state index contributed by atoms with van der Waals surface area (Å²) >= 11 is 0. The molecule has 0 saturated carbocycles. The van der Waals surface area contributed by atoms with Gasteiger partial charge < -0.3 is 5.32 Å². The Hall–Kier alpha value is -2.75. The van der Waals surface area contributed by atoms with Crippen LogP contribution in [0.1, 0.15) is 39.6 Å². The van der Waals surface area contributed by atoms with Gasteiger partial charge in [-0.3, -0.25) is 4.79 Å². The van der Waals surface area contributed by atoms with Crippen molar-refractivity contribution >= 4 is 16.9 Å². The smallest absolute Gasteiger partial charge is 0.225 e. The predicted molar refractivity (Wildman–Crippen MR) is 93.9 cm³/mol. The number of carbonyl (C=O) groups excluding carboxylic acids is 1. The molecule has 1 aliphatic rings. The van der Waals surface area contributed by atoms with Crippen molar-refractivity contribution < 1.29 is 4.79 Å². The molecule has 24 heavy (non-hydrogen) atoms. The molecule has 4 heteroatoms. The maximum absolute atomic E-state index is 12.2. The number of rotatable bonds is 1. The summed E-state index contributed by atoms with van der Waals surface area (Å²) in [6, 6.07) is 10.3. The van der Waals surface area contributed by atoms with Crippen LogP contribution in [0.3, 0.4) is 0 Å². The van der Waals surface area contributed by atoms with Crippen molar-refractivity contribution in [2.45, 2.75) is 33.2 Å².